The molecule has 9 nitrogen and oxygen atoms in total. The molecule has 0 saturated carbocycles. The van der Waals surface area contributed by atoms with Gasteiger partial charge >= 0.3 is 5.97 Å². The number of benzene rings is 1. The lowest BCUT2D eigenvalue weighted by Crippen LogP contribution is -2.46. The first-order valence-corrected chi connectivity index (χ1v) is 10.5. The molecule has 1 aromatic carbocycles. The van der Waals surface area contributed by atoms with Crippen molar-refractivity contribution in [2.75, 3.05) is 26.3 Å². The summed E-state index contributed by atoms with van der Waals surface area (Å²) in [6, 6.07) is 4.09. The molecule has 1 atom stereocenters. The Hall–Kier alpha value is -2.50. The lowest BCUT2D eigenvalue weighted by atomic mass is 10.2. The van der Waals surface area contributed by atoms with E-state index in [4.69, 9.17) is 9.47 Å². The van der Waals surface area contributed by atoms with Crippen molar-refractivity contribution in [3.8, 4) is 0 Å². The predicted octanol–water partition coefficient (Wildman–Crippen LogP) is 2.92. The highest BCUT2D eigenvalue weighted by Gasteiger charge is 2.24. The van der Waals surface area contributed by atoms with Crippen molar-refractivity contribution in [1.82, 2.24) is 9.88 Å². The van der Waals surface area contributed by atoms with Crippen LogP contribution in [0.2, 0.25) is 0 Å². The first-order chi connectivity index (χ1) is 13.8. The summed E-state index contributed by atoms with van der Waals surface area (Å²) in [7, 11) is 0. The minimum Gasteiger partial charge on any atom is -0.452 e. The summed E-state index contributed by atoms with van der Waals surface area (Å²) in [5, 5.41) is 13.3. The van der Waals surface area contributed by atoms with Gasteiger partial charge < -0.3 is 14.4 Å². The normalized spacial score (nSPS) is 16.5. The average Bonchev–Trinajstić information content (AvgIpc) is 3.10. The number of carbonyl (C=O) groups is 2. The van der Waals surface area contributed by atoms with Gasteiger partial charge in [0.15, 0.2) is 10.9 Å². The first kappa shape index (κ1) is 21.2. The van der Waals surface area contributed by atoms with Gasteiger partial charge in [-0.3, -0.25) is 14.9 Å². The maximum absolute atomic E-state index is 12.3. The fourth-order valence-electron chi connectivity index (χ4n) is 2.69. The van der Waals surface area contributed by atoms with Gasteiger partial charge in [0.2, 0.25) is 0 Å². The van der Waals surface area contributed by atoms with Crippen molar-refractivity contribution >= 4 is 40.7 Å². The highest BCUT2D eigenvalue weighted by molar-refractivity contribution is 8.01. The molecule has 11 heteroatoms. The van der Waals surface area contributed by atoms with Gasteiger partial charge in [-0.1, -0.05) is 11.8 Å². The highest BCUT2D eigenvalue weighted by atomic mass is 32.2. The SMILES string of the molecule is Cc1csc(Sc2ccc(C(=O)OCC(=O)N3CCOC(C)C3)cc2[N+](=O)[O-])n1. The van der Waals surface area contributed by atoms with Gasteiger partial charge in [-0.05, 0) is 26.0 Å². The van der Waals surface area contributed by atoms with Crippen LogP contribution in [0.5, 0.6) is 0 Å². The molecule has 154 valence electrons. The number of aryl methyl sites for hydroxylation is 1. The zero-order valence-corrected chi connectivity index (χ0v) is 17.5. The third-order valence-corrected chi connectivity index (χ3v) is 6.23. The number of nitro groups is 1. The lowest BCUT2D eigenvalue weighted by Gasteiger charge is -2.30. The van der Waals surface area contributed by atoms with E-state index in [9.17, 15) is 19.7 Å². The van der Waals surface area contributed by atoms with E-state index in [2.05, 4.69) is 4.98 Å². The molecule has 3 rings (SSSR count). The summed E-state index contributed by atoms with van der Waals surface area (Å²) < 4.78 is 11.1. The summed E-state index contributed by atoms with van der Waals surface area (Å²) in [6.07, 6.45) is -0.0716. The molecular weight excluding hydrogens is 418 g/mol. The molecule has 2 heterocycles. The Morgan fingerprint density at radius 3 is 2.93 bits per heavy atom. The molecule has 2 aromatic rings. The molecule has 1 unspecified atom stereocenters. The highest BCUT2D eigenvalue weighted by Crippen LogP contribution is 2.36. The van der Waals surface area contributed by atoms with E-state index < -0.39 is 17.5 Å². The number of thiazole rings is 1. The minimum absolute atomic E-state index is 0.0134. The number of nitrogens with zero attached hydrogens (tertiary/aromatic N) is 3. The van der Waals surface area contributed by atoms with E-state index in [1.165, 1.54) is 23.5 Å². The van der Waals surface area contributed by atoms with Crippen LogP contribution < -0.4 is 0 Å². The van der Waals surface area contributed by atoms with Crippen LogP contribution in [0.1, 0.15) is 23.0 Å². The zero-order valence-electron chi connectivity index (χ0n) is 15.8. The van der Waals surface area contributed by atoms with Crippen molar-refractivity contribution in [3.05, 3.63) is 45.0 Å². The number of hydrogen-bond acceptors (Lipinski definition) is 9. The van der Waals surface area contributed by atoms with Gasteiger partial charge in [-0.15, -0.1) is 11.3 Å². The van der Waals surface area contributed by atoms with Crippen LogP contribution in [0.15, 0.2) is 32.8 Å². The number of amides is 1. The van der Waals surface area contributed by atoms with E-state index in [-0.39, 0.29) is 23.3 Å². The van der Waals surface area contributed by atoms with Gasteiger partial charge in [0.25, 0.3) is 11.6 Å². The van der Waals surface area contributed by atoms with Crippen LogP contribution in [0, 0.1) is 17.0 Å². The van der Waals surface area contributed by atoms with E-state index >= 15 is 0 Å². The zero-order chi connectivity index (χ0) is 21.0. The summed E-state index contributed by atoms with van der Waals surface area (Å²) in [5.41, 5.74) is 0.629. The number of rotatable bonds is 6. The first-order valence-electron chi connectivity index (χ1n) is 8.78. The Labute approximate surface area is 175 Å². The number of hydrogen-bond donors (Lipinski definition) is 0. The number of carbonyl (C=O) groups excluding carboxylic acids is 2. The van der Waals surface area contributed by atoms with Crippen LogP contribution in [0.4, 0.5) is 5.69 Å². The smallest absolute Gasteiger partial charge is 0.338 e. The Balaban J connectivity index is 1.66. The molecule has 0 N–H and O–H groups in total. The minimum atomic E-state index is -0.788. The summed E-state index contributed by atoms with van der Waals surface area (Å²) in [4.78, 5) is 41.6. The second-order valence-electron chi connectivity index (χ2n) is 6.39. The van der Waals surface area contributed by atoms with E-state index in [0.717, 1.165) is 23.5 Å². The molecular formula is C18H19N3O6S2. The fraction of sp³-hybridized carbons (Fsp3) is 0.389. The Morgan fingerprint density at radius 2 is 2.28 bits per heavy atom. The second-order valence-corrected chi connectivity index (χ2v) is 8.54. The molecule has 1 amide bonds. The van der Waals surface area contributed by atoms with Crippen LogP contribution in [-0.4, -0.2) is 59.1 Å². The summed E-state index contributed by atoms with van der Waals surface area (Å²) >= 11 is 2.55. The largest absolute Gasteiger partial charge is 0.452 e. The molecule has 29 heavy (non-hydrogen) atoms. The third kappa shape index (κ3) is 5.52. The van der Waals surface area contributed by atoms with Crippen molar-refractivity contribution < 1.29 is 24.0 Å². The van der Waals surface area contributed by atoms with Crippen LogP contribution in [-0.2, 0) is 14.3 Å². The Bertz CT molecular complexity index is 932. The van der Waals surface area contributed by atoms with E-state index in [1.54, 1.807) is 4.90 Å². The number of esters is 1. The molecule has 0 aliphatic carbocycles. The van der Waals surface area contributed by atoms with Gasteiger partial charge in [-0.2, -0.15) is 0 Å². The van der Waals surface area contributed by atoms with Crippen molar-refractivity contribution in [3.63, 3.8) is 0 Å². The van der Waals surface area contributed by atoms with Crippen LogP contribution >= 0.6 is 23.1 Å². The Morgan fingerprint density at radius 1 is 1.48 bits per heavy atom. The Kier molecular flexibility index (Phi) is 6.83. The topological polar surface area (TPSA) is 112 Å². The monoisotopic (exact) mass is 437 g/mol. The van der Waals surface area contributed by atoms with Crippen molar-refractivity contribution in [1.29, 1.82) is 0 Å². The van der Waals surface area contributed by atoms with Crippen LogP contribution in [0.3, 0.4) is 0 Å². The average molecular weight is 437 g/mol. The third-order valence-electron chi connectivity index (χ3n) is 4.11. The number of morpholine rings is 1. The standard InChI is InChI=1S/C18H19N3O6S2/c1-11-10-28-18(19-11)29-15-4-3-13(7-14(15)21(24)25)17(23)27-9-16(22)20-5-6-26-12(2)8-20/h3-4,7,10,12H,5-6,8-9H2,1-2H3. The molecule has 1 aromatic heterocycles. The molecule has 0 bridgehead atoms. The van der Waals surface area contributed by atoms with E-state index in [1.807, 2.05) is 19.2 Å². The van der Waals surface area contributed by atoms with Gasteiger partial charge in [0.05, 0.1) is 28.1 Å². The molecule has 1 aliphatic rings. The summed E-state index contributed by atoms with van der Waals surface area (Å²) in [5.74, 6) is -1.11. The molecule has 1 saturated heterocycles. The van der Waals surface area contributed by atoms with E-state index in [0.29, 0.717) is 28.9 Å². The summed E-state index contributed by atoms with van der Waals surface area (Å²) in [6.45, 7) is 4.58. The number of nitro benzene ring substituents is 1. The van der Waals surface area contributed by atoms with Gasteiger partial charge in [-0.25, -0.2) is 9.78 Å². The molecule has 1 fully saturated rings. The molecule has 0 radical (unpaired) electrons. The molecule has 1 aliphatic heterocycles. The number of aromatic nitrogens is 1. The quantitative estimate of drug-likeness (QED) is 0.385. The maximum atomic E-state index is 12.3. The lowest BCUT2D eigenvalue weighted by molar-refractivity contribution is -0.387. The molecule has 0 spiro atoms. The van der Waals surface area contributed by atoms with Crippen LogP contribution in [0.25, 0.3) is 0 Å². The predicted molar refractivity (Wildman–Crippen MR) is 106 cm³/mol. The van der Waals surface area contributed by atoms with Crippen molar-refractivity contribution in [2.24, 2.45) is 0 Å². The van der Waals surface area contributed by atoms with Crippen molar-refractivity contribution in [2.45, 2.75) is 29.2 Å². The van der Waals surface area contributed by atoms with Gasteiger partial charge in [0.1, 0.15) is 0 Å². The number of ether oxygens (including phenoxy) is 2. The maximum Gasteiger partial charge on any atom is 0.338 e. The second kappa shape index (κ2) is 9.33. The van der Waals surface area contributed by atoms with Gasteiger partial charge in [0, 0.05) is 30.2 Å². The fourth-order valence-corrected chi connectivity index (χ4v) is 4.57.